The highest BCUT2D eigenvalue weighted by Gasteiger charge is 2.38. The van der Waals surface area contributed by atoms with Crippen molar-refractivity contribution in [2.45, 2.75) is 43.9 Å². The molecule has 1 heterocycles. The molecule has 6 nitrogen and oxygen atoms in total. The molecule has 1 saturated heterocycles. The number of carbonyl (C=O) groups is 1. The Morgan fingerprint density at radius 1 is 1.47 bits per heavy atom. The lowest BCUT2D eigenvalue weighted by Crippen LogP contribution is -2.47. The van der Waals surface area contributed by atoms with Crippen LogP contribution in [0, 0.1) is 11.3 Å². The van der Waals surface area contributed by atoms with Gasteiger partial charge in [0.15, 0.2) is 5.25 Å². The highest BCUT2D eigenvalue weighted by Crippen LogP contribution is 2.22. The van der Waals surface area contributed by atoms with Gasteiger partial charge < -0.3 is 5.11 Å². The Balaban J connectivity index is 3.06. The predicted molar refractivity (Wildman–Crippen MR) is 60.6 cm³/mol. The summed E-state index contributed by atoms with van der Waals surface area (Å²) in [4.78, 5) is 11.1. The van der Waals surface area contributed by atoms with E-state index in [1.54, 1.807) is 6.07 Å². The average Bonchev–Trinajstić information content (AvgIpc) is 2.53. The molecular weight excluding hydrogens is 244 g/mol. The standard InChI is InChI=1S/C10H16N2O4S/c1-8(7-11)17(15,16)12-6-4-2-3-5-9(12)10(13)14/h8-9H,2-6H2,1H3,(H,13,14). The van der Waals surface area contributed by atoms with Crippen molar-refractivity contribution < 1.29 is 18.3 Å². The fourth-order valence-electron chi connectivity index (χ4n) is 1.90. The normalized spacial score (nSPS) is 24.6. The molecule has 1 aliphatic heterocycles. The van der Waals surface area contributed by atoms with Gasteiger partial charge in [0.25, 0.3) is 0 Å². The van der Waals surface area contributed by atoms with Gasteiger partial charge in [-0.15, -0.1) is 0 Å². The highest BCUT2D eigenvalue weighted by molar-refractivity contribution is 7.90. The second kappa shape index (κ2) is 5.47. The third-order valence-electron chi connectivity index (χ3n) is 2.94. The quantitative estimate of drug-likeness (QED) is 0.799. The summed E-state index contributed by atoms with van der Waals surface area (Å²) in [5.74, 6) is -1.14. The van der Waals surface area contributed by atoms with E-state index in [1.165, 1.54) is 6.92 Å². The summed E-state index contributed by atoms with van der Waals surface area (Å²) < 4.78 is 25.0. The van der Waals surface area contributed by atoms with Gasteiger partial charge in [-0.25, -0.2) is 8.42 Å². The smallest absolute Gasteiger partial charge is 0.322 e. The van der Waals surface area contributed by atoms with Crippen LogP contribution in [0.15, 0.2) is 0 Å². The van der Waals surface area contributed by atoms with Crippen molar-refractivity contribution >= 4 is 16.0 Å². The molecule has 7 heteroatoms. The van der Waals surface area contributed by atoms with Crippen LogP contribution in [0.5, 0.6) is 0 Å². The minimum absolute atomic E-state index is 0.186. The fourth-order valence-corrected chi connectivity index (χ4v) is 3.38. The van der Waals surface area contributed by atoms with Crippen LogP contribution < -0.4 is 0 Å². The van der Waals surface area contributed by atoms with Crippen LogP contribution in [0.3, 0.4) is 0 Å². The minimum atomic E-state index is -3.84. The summed E-state index contributed by atoms with van der Waals surface area (Å²) in [6, 6.07) is 0.630. The predicted octanol–water partition coefficient (Wildman–Crippen LogP) is 0.557. The van der Waals surface area contributed by atoms with Crippen molar-refractivity contribution in [2.24, 2.45) is 0 Å². The van der Waals surface area contributed by atoms with Crippen molar-refractivity contribution in [1.82, 2.24) is 4.31 Å². The molecule has 0 aromatic carbocycles. The number of hydrogen-bond donors (Lipinski definition) is 1. The Morgan fingerprint density at radius 2 is 2.12 bits per heavy atom. The molecule has 0 bridgehead atoms. The van der Waals surface area contributed by atoms with Gasteiger partial charge in [-0.05, 0) is 19.8 Å². The number of nitriles is 1. The molecule has 0 aromatic rings. The zero-order valence-electron chi connectivity index (χ0n) is 9.66. The first kappa shape index (κ1) is 13.9. The van der Waals surface area contributed by atoms with Gasteiger partial charge in [0.05, 0.1) is 6.07 Å². The summed E-state index contributed by atoms with van der Waals surface area (Å²) in [6.45, 7) is 1.46. The fraction of sp³-hybridized carbons (Fsp3) is 0.800. The van der Waals surface area contributed by atoms with E-state index in [9.17, 15) is 13.2 Å². The molecule has 0 saturated carbocycles. The van der Waals surface area contributed by atoms with E-state index >= 15 is 0 Å². The van der Waals surface area contributed by atoms with Crippen molar-refractivity contribution in [2.75, 3.05) is 6.54 Å². The van der Waals surface area contributed by atoms with Crippen LogP contribution >= 0.6 is 0 Å². The maximum Gasteiger partial charge on any atom is 0.322 e. The van der Waals surface area contributed by atoms with E-state index in [-0.39, 0.29) is 6.54 Å². The lowest BCUT2D eigenvalue weighted by atomic mass is 10.1. The summed E-state index contributed by atoms with van der Waals surface area (Å²) in [5.41, 5.74) is 0. The monoisotopic (exact) mass is 260 g/mol. The van der Waals surface area contributed by atoms with Gasteiger partial charge >= 0.3 is 5.97 Å². The van der Waals surface area contributed by atoms with E-state index < -0.39 is 27.3 Å². The Labute approximate surface area is 101 Å². The Bertz CT molecular complexity index is 426. The maximum absolute atomic E-state index is 12.0. The Hall–Kier alpha value is -1.13. The zero-order valence-corrected chi connectivity index (χ0v) is 10.5. The molecule has 0 aromatic heterocycles. The first-order chi connectivity index (χ1) is 7.91. The van der Waals surface area contributed by atoms with E-state index in [1.807, 2.05) is 0 Å². The molecule has 96 valence electrons. The third kappa shape index (κ3) is 2.96. The van der Waals surface area contributed by atoms with E-state index in [0.29, 0.717) is 19.3 Å². The van der Waals surface area contributed by atoms with Gasteiger partial charge in [0.1, 0.15) is 6.04 Å². The summed E-state index contributed by atoms with van der Waals surface area (Å²) in [5, 5.41) is 16.5. The molecule has 1 aliphatic rings. The molecule has 1 fully saturated rings. The van der Waals surface area contributed by atoms with Crippen molar-refractivity contribution in [1.29, 1.82) is 5.26 Å². The SMILES string of the molecule is CC(C#N)S(=O)(=O)N1CCCCCC1C(=O)O. The van der Waals surface area contributed by atoms with Crippen LogP contribution in [0.1, 0.15) is 32.6 Å². The first-order valence-electron chi connectivity index (χ1n) is 5.54. The molecule has 2 atom stereocenters. The maximum atomic E-state index is 12.0. The first-order valence-corrected chi connectivity index (χ1v) is 7.04. The van der Waals surface area contributed by atoms with Crippen LogP contribution in [0.2, 0.25) is 0 Å². The van der Waals surface area contributed by atoms with Gasteiger partial charge in [-0.2, -0.15) is 9.57 Å². The number of nitrogens with zero attached hydrogens (tertiary/aromatic N) is 2. The van der Waals surface area contributed by atoms with Crippen molar-refractivity contribution in [3.8, 4) is 6.07 Å². The molecule has 0 amide bonds. The number of rotatable bonds is 3. The van der Waals surface area contributed by atoms with E-state index in [0.717, 1.165) is 10.7 Å². The number of hydrogen-bond acceptors (Lipinski definition) is 4. The van der Waals surface area contributed by atoms with Gasteiger partial charge in [0.2, 0.25) is 10.0 Å². The minimum Gasteiger partial charge on any atom is -0.480 e. The molecular formula is C10H16N2O4S. The lowest BCUT2D eigenvalue weighted by Gasteiger charge is -2.26. The summed E-state index contributed by atoms with van der Waals surface area (Å²) in [6.07, 6.45) is 2.47. The molecule has 0 aliphatic carbocycles. The number of aliphatic carboxylic acids is 1. The second-order valence-electron chi connectivity index (χ2n) is 4.13. The van der Waals surface area contributed by atoms with Crippen LogP contribution in [-0.4, -0.2) is 41.6 Å². The second-order valence-corrected chi connectivity index (χ2v) is 6.34. The third-order valence-corrected chi connectivity index (χ3v) is 5.03. The average molecular weight is 260 g/mol. The van der Waals surface area contributed by atoms with Crippen LogP contribution in [0.4, 0.5) is 0 Å². The molecule has 1 N–H and O–H groups in total. The van der Waals surface area contributed by atoms with Gasteiger partial charge in [0, 0.05) is 6.54 Å². The molecule has 1 rings (SSSR count). The largest absolute Gasteiger partial charge is 0.480 e. The van der Waals surface area contributed by atoms with E-state index in [2.05, 4.69) is 0 Å². The van der Waals surface area contributed by atoms with E-state index in [4.69, 9.17) is 10.4 Å². The summed E-state index contributed by atoms with van der Waals surface area (Å²) in [7, 11) is -3.84. The van der Waals surface area contributed by atoms with Crippen molar-refractivity contribution in [3.05, 3.63) is 0 Å². The number of carboxylic acid groups (broad SMARTS) is 1. The Morgan fingerprint density at radius 3 is 2.65 bits per heavy atom. The van der Waals surface area contributed by atoms with Crippen molar-refractivity contribution in [3.63, 3.8) is 0 Å². The molecule has 17 heavy (non-hydrogen) atoms. The van der Waals surface area contributed by atoms with Crippen LogP contribution in [-0.2, 0) is 14.8 Å². The molecule has 0 radical (unpaired) electrons. The van der Waals surface area contributed by atoms with Gasteiger partial charge in [-0.1, -0.05) is 12.8 Å². The highest BCUT2D eigenvalue weighted by atomic mass is 32.2. The lowest BCUT2D eigenvalue weighted by molar-refractivity contribution is -0.141. The number of carboxylic acids is 1. The Kier molecular flexibility index (Phi) is 4.48. The number of sulfonamides is 1. The van der Waals surface area contributed by atoms with Crippen LogP contribution in [0.25, 0.3) is 0 Å². The summed E-state index contributed by atoms with van der Waals surface area (Å²) >= 11 is 0. The topological polar surface area (TPSA) is 98.5 Å². The molecule has 2 unspecified atom stereocenters. The van der Waals surface area contributed by atoms with Gasteiger partial charge in [-0.3, -0.25) is 4.79 Å². The zero-order chi connectivity index (χ0) is 13.1. The molecule has 0 spiro atoms.